The molecular weight excluding hydrogens is 236 g/mol. The summed E-state index contributed by atoms with van der Waals surface area (Å²) >= 11 is 0. The van der Waals surface area contributed by atoms with E-state index in [4.69, 9.17) is 9.47 Å². The van der Waals surface area contributed by atoms with Crippen LogP contribution >= 0.6 is 0 Å². The number of para-hydroxylation sites is 1. The summed E-state index contributed by atoms with van der Waals surface area (Å²) < 4.78 is 10.8. The second-order valence-corrected chi connectivity index (χ2v) is 4.22. The molecule has 5 nitrogen and oxygen atoms in total. The normalized spacial score (nSPS) is 18.4. The van der Waals surface area contributed by atoms with Crippen molar-refractivity contribution in [3.05, 3.63) is 29.8 Å². The van der Waals surface area contributed by atoms with Gasteiger partial charge < -0.3 is 19.7 Å². The Morgan fingerprint density at radius 3 is 2.61 bits per heavy atom. The average molecular weight is 252 g/mol. The number of carboxylic acids is 1. The van der Waals surface area contributed by atoms with E-state index in [9.17, 15) is 15.0 Å². The molecule has 1 aromatic rings. The highest BCUT2D eigenvalue weighted by Crippen LogP contribution is 2.29. The van der Waals surface area contributed by atoms with Gasteiger partial charge in [-0.25, -0.2) is 4.79 Å². The zero-order valence-corrected chi connectivity index (χ0v) is 9.91. The molecule has 0 saturated carbocycles. The van der Waals surface area contributed by atoms with Crippen LogP contribution in [0.1, 0.15) is 24.5 Å². The SMILES string of the molecule is O=C(O)[C@H](OC1CCOCC1)c1ccccc1O. The van der Waals surface area contributed by atoms with Crippen molar-refractivity contribution in [2.24, 2.45) is 0 Å². The van der Waals surface area contributed by atoms with Gasteiger partial charge in [0.25, 0.3) is 0 Å². The van der Waals surface area contributed by atoms with E-state index in [0.717, 1.165) is 0 Å². The molecule has 1 aliphatic rings. The molecule has 18 heavy (non-hydrogen) atoms. The monoisotopic (exact) mass is 252 g/mol. The number of carboxylic acid groups (broad SMARTS) is 1. The lowest BCUT2D eigenvalue weighted by atomic mass is 10.1. The Bertz CT molecular complexity index is 412. The summed E-state index contributed by atoms with van der Waals surface area (Å²) in [5, 5.41) is 18.9. The summed E-state index contributed by atoms with van der Waals surface area (Å²) in [7, 11) is 0. The molecule has 2 N–H and O–H groups in total. The third kappa shape index (κ3) is 3.00. The molecule has 0 bridgehead atoms. The number of rotatable bonds is 4. The van der Waals surface area contributed by atoms with Gasteiger partial charge in [0.1, 0.15) is 5.75 Å². The van der Waals surface area contributed by atoms with Gasteiger partial charge in [-0.1, -0.05) is 18.2 Å². The Balaban J connectivity index is 2.13. The third-order valence-corrected chi connectivity index (χ3v) is 2.94. The van der Waals surface area contributed by atoms with Crippen molar-refractivity contribution >= 4 is 5.97 Å². The Morgan fingerprint density at radius 2 is 2.00 bits per heavy atom. The largest absolute Gasteiger partial charge is 0.508 e. The zero-order valence-electron chi connectivity index (χ0n) is 9.91. The van der Waals surface area contributed by atoms with E-state index in [2.05, 4.69) is 0 Å². The number of hydrogen-bond acceptors (Lipinski definition) is 4. The molecule has 0 amide bonds. The van der Waals surface area contributed by atoms with Gasteiger partial charge in [-0.15, -0.1) is 0 Å². The molecule has 98 valence electrons. The standard InChI is InChI=1S/C13H16O5/c14-11-4-2-1-3-10(11)12(13(15)16)18-9-5-7-17-8-6-9/h1-4,9,12,14H,5-8H2,(H,15,16)/t12-/m1/s1. The third-order valence-electron chi connectivity index (χ3n) is 2.94. The number of aliphatic carboxylic acids is 1. The average Bonchev–Trinajstić information content (AvgIpc) is 2.38. The van der Waals surface area contributed by atoms with E-state index in [1.165, 1.54) is 6.07 Å². The lowest BCUT2D eigenvalue weighted by molar-refractivity contribution is -0.158. The fraction of sp³-hybridized carbons (Fsp3) is 0.462. The lowest BCUT2D eigenvalue weighted by Crippen LogP contribution is -2.28. The molecule has 2 rings (SSSR count). The van der Waals surface area contributed by atoms with Crippen molar-refractivity contribution < 1.29 is 24.5 Å². The van der Waals surface area contributed by atoms with Gasteiger partial charge in [0.05, 0.1) is 6.10 Å². The molecule has 1 fully saturated rings. The second kappa shape index (κ2) is 5.84. The molecule has 0 radical (unpaired) electrons. The van der Waals surface area contributed by atoms with E-state index >= 15 is 0 Å². The predicted octanol–water partition coefficient (Wildman–Crippen LogP) is 1.71. The van der Waals surface area contributed by atoms with Gasteiger partial charge in [-0.2, -0.15) is 0 Å². The van der Waals surface area contributed by atoms with E-state index in [1.807, 2.05) is 0 Å². The molecule has 1 saturated heterocycles. The Morgan fingerprint density at radius 1 is 1.33 bits per heavy atom. The molecular formula is C13H16O5. The van der Waals surface area contributed by atoms with Gasteiger partial charge in [-0.3, -0.25) is 0 Å². The summed E-state index contributed by atoms with van der Waals surface area (Å²) in [4.78, 5) is 11.3. The van der Waals surface area contributed by atoms with E-state index < -0.39 is 12.1 Å². The van der Waals surface area contributed by atoms with Gasteiger partial charge in [0.15, 0.2) is 6.10 Å². The van der Waals surface area contributed by atoms with Crippen LogP contribution in [0.25, 0.3) is 0 Å². The van der Waals surface area contributed by atoms with E-state index in [0.29, 0.717) is 26.1 Å². The van der Waals surface area contributed by atoms with E-state index in [1.54, 1.807) is 18.2 Å². The zero-order chi connectivity index (χ0) is 13.0. The highest BCUT2D eigenvalue weighted by Gasteiger charge is 2.28. The minimum absolute atomic E-state index is 0.0584. The Kier molecular flexibility index (Phi) is 4.17. The minimum atomic E-state index is -1.13. The second-order valence-electron chi connectivity index (χ2n) is 4.22. The fourth-order valence-corrected chi connectivity index (χ4v) is 1.98. The van der Waals surface area contributed by atoms with Gasteiger partial charge in [-0.05, 0) is 18.9 Å². The maximum Gasteiger partial charge on any atom is 0.337 e. The molecule has 0 spiro atoms. The summed E-state index contributed by atoms with van der Waals surface area (Å²) in [5.74, 6) is -1.15. The number of carbonyl (C=O) groups is 1. The van der Waals surface area contributed by atoms with Crippen molar-refractivity contribution in [2.45, 2.75) is 25.0 Å². The van der Waals surface area contributed by atoms with Crippen LogP contribution in [0.2, 0.25) is 0 Å². The quantitative estimate of drug-likeness (QED) is 0.853. The molecule has 1 aliphatic heterocycles. The number of ether oxygens (including phenoxy) is 2. The smallest absolute Gasteiger partial charge is 0.337 e. The molecule has 0 aromatic heterocycles. The Labute approximate surface area is 105 Å². The molecule has 1 heterocycles. The molecule has 1 atom stereocenters. The highest BCUT2D eigenvalue weighted by atomic mass is 16.5. The number of aromatic hydroxyl groups is 1. The van der Waals surface area contributed by atoms with Crippen LogP contribution in [0.3, 0.4) is 0 Å². The van der Waals surface area contributed by atoms with Crippen LogP contribution in [0.15, 0.2) is 24.3 Å². The highest BCUT2D eigenvalue weighted by molar-refractivity contribution is 5.75. The van der Waals surface area contributed by atoms with Crippen LogP contribution in [0.4, 0.5) is 0 Å². The molecule has 5 heteroatoms. The maximum atomic E-state index is 11.3. The van der Waals surface area contributed by atoms with Crippen LogP contribution in [-0.2, 0) is 14.3 Å². The first-order valence-electron chi connectivity index (χ1n) is 5.92. The first kappa shape index (κ1) is 12.9. The summed E-state index contributed by atoms with van der Waals surface area (Å²) in [5.41, 5.74) is 0.288. The minimum Gasteiger partial charge on any atom is -0.508 e. The van der Waals surface area contributed by atoms with Gasteiger partial charge in [0, 0.05) is 18.8 Å². The first-order chi connectivity index (χ1) is 8.68. The van der Waals surface area contributed by atoms with Crippen LogP contribution in [0, 0.1) is 0 Å². The first-order valence-corrected chi connectivity index (χ1v) is 5.92. The van der Waals surface area contributed by atoms with Crippen molar-refractivity contribution in [2.75, 3.05) is 13.2 Å². The van der Waals surface area contributed by atoms with Crippen LogP contribution < -0.4 is 0 Å². The number of hydrogen-bond donors (Lipinski definition) is 2. The van der Waals surface area contributed by atoms with Crippen molar-refractivity contribution in [3.63, 3.8) is 0 Å². The van der Waals surface area contributed by atoms with E-state index in [-0.39, 0.29) is 17.4 Å². The summed E-state index contributed by atoms with van der Waals surface area (Å²) in [6, 6.07) is 6.34. The van der Waals surface area contributed by atoms with Crippen molar-refractivity contribution in [1.82, 2.24) is 0 Å². The molecule has 1 aromatic carbocycles. The number of phenols is 1. The molecule has 0 aliphatic carbocycles. The van der Waals surface area contributed by atoms with Gasteiger partial charge >= 0.3 is 5.97 Å². The van der Waals surface area contributed by atoms with Crippen molar-refractivity contribution in [3.8, 4) is 5.75 Å². The lowest BCUT2D eigenvalue weighted by Gasteiger charge is -2.26. The molecule has 0 unspecified atom stereocenters. The number of benzene rings is 1. The van der Waals surface area contributed by atoms with Crippen LogP contribution in [0.5, 0.6) is 5.75 Å². The van der Waals surface area contributed by atoms with Gasteiger partial charge in [0.2, 0.25) is 0 Å². The maximum absolute atomic E-state index is 11.3. The topological polar surface area (TPSA) is 76.0 Å². The Hall–Kier alpha value is -1.59. The predicted molar refractivity (Wildman–Crippen MR) is 63.4 cm³/mol. The van der Waals surface area contributed by atoms with Crippen LogP contribution in [-0.4, -0.2) is 35.5 Å². The number of phenolic OH excluding ortho intramolecular Hbond substituents is 1. The fourth-order valence-electron chi connectivity index (χ4n) is 1.98. The summed E-state index contributed by atoms with van der Waals surface area (Å²) in [6.07, 6.45) is 0.0862. The van der Waals surface area contributed by atoms with Crippen molar-refractivity contribution in [1.29, 1.82) is 0 Å². The summed E-state index contributed by atoms with van der Waals surface area (Å²) in [6.45, 7) is 1.16.